The molecule has 1 N–H and O–H groups in total. The van der Waals surface area contributed by atoms with E-state index in [1.54, 1.807) is 0 Å². The summed E-state index contributed by atoms with van der Waals surface area (Å²) < 4.78 is 5.85. The van der Waals surface area contributed by atoms with Gasteiger partial charge in [-0.25, -0.2) is 0 Å². The molecule has 2 heterocycles. The predicted molar refractivity (Wildman–Crippen MR) is 144 cm³/mol. The van der Waals surface area contributed by atoms with Crippen molar-refractivity contribution in [2.75, 3.05) is 29.9 Å². The second kappa shape index (κ2) is 11.0. The Kier molecular flexibility index (Phi) is 7.22. The van der Waals surface area contributed by atoms with Gasteiger partial charge in [0.2, 0.25) is 0 Å². The molecule has 0 radical (unpaired) electrons. The van der Waals surface area contributed by atoms with E-state index in [1.807, 2.05) is 91.0 Å². The first-order valence-electron chi connectivity index (χ1n) is 12.4. The molecule has 0 atom stereocenters. The Bertz CT molecular complexity index is 1280. The van der Waals surface area contributed by atoms with Crippen molar-refractivity contribution >= 4 is 17.4 Å². The summed E-state index contributed by atoms with van der Waals surface area (Å²) >= 11 is 0. The van der Waals surface area contributed by atoms with Gasteiger partial charge in [0, 0.05) is 29.9 Å². The molecule has 36 heavy (non-hydrogen) atoms. The van der Waals surface area contributed by atoms with Gasteiger partial charge < -0.3 is 15.0 Å². The van der Waals surface area contributed by atoms with Gasteiger partial charge in [0.05, 0.1) is 5.69 Å². The highest BCUT2D eigenvalue weighted by atomic mass is 16.5. The third-order valence-electron chi connectivity index (χ3n) is 6.55. The Morgan fingerprint density at radius 3 is 2.31 bits per heavy atom. The summed E-state index contributed by atoms with van der Waals surface area (Å²) in [4.78, 5) is 14.8. The van der Waals surface area contributed by atoms with Crippen LogP contribution in [0.2, 0.25) is 0 Å². The Hall–Kier alpha value is -4.19. The van der Waals surface area contributed by atoms with Crippen molar-refractivity contribution in [1.82, 2.24) is 10.2 Å². The number of aromatic nitrogens is 2. The molecule has 3 aromatic carbocycles. The SMILES string of the molecule is CC1CCN(c2ccc(-c3ccc(NC(=O)COc4ccccc4-c4ccccc4)cc3)nn2)CC1. The molecular formula is C30H30N4O2. The Labute approximate surface area is 212 Å². The lowest BCUT2D eigenvalue weighted by molar-refractivity contribution is -0.118. The van der Waals surface area contributed by atoms with Crippen LogP contribution in [0.1, 0.15) is 19.8 Å². The standard InChI is InChI=1S/C30H30N4O2/c1-22-17-19-34(20-18-22)29-16-15-27(32-33-29)24-11-13-25(14-12-24)31-30(35)21-36-28-10-6-5-9-26(28)23-7-3-2-4-8-23/h2-16,22H,17-21H2,1H3,(H,31,35). The first-order chi connectivity index (χ1) is 17.7. The molecule has 1 fully saturated rings. The smallest absolute Gasteiger partial charge is 0.262 e. The molecule has 1 aliphatic heterocycles. The zero-order valence-corrected chi connectivity index (χ0v) is 20.4. The largest absolute Gasteiger partial charge is 0.483 e. The van der Waals surface area contributed by atoms with Crippen molar-refractivity contribution in [2.24, 2.45) is 5.92 Å². The van der Waals surface area contributed by atoms with Crippen molar-refractivity contribution in [3.8, 4) is 28.1 Å². The third kappa shape index (κ3) is 5.71. The number of ether oxygens (including phenoxy) is 1. The Balaban J connectivity index is 1.17. The third-order valence-corrected chi connectivity index (χ3v) is 6.55. The highest BCUT2D eigenvalue weighted by Gasteiger charge is 2.17. The normalized spacial score (nSPS) is 13.9. The maximum absolute atomic E-state index is 12.5. The Morgan fingerprint density at radius 1 is 0.861 bits per heavy atom. The predicted octanol–water partition coefficient (Wildman–Crippen LogP) is 6.06. The van der Waals surface area contributed by atoms with Crippen molar-refractivity contribution in [3.63, 3.8) is 0 Å². The van der Waals surface area contributed by atoms with Crippen molar-refractivity contribution in [2.45, 2.75) is 19.8 Å². The number of anilines is 2. The number of rotatable bonds is 7. The molecule has 1 amide bonds. The number of carbonyl (C=O) groups is 1. The molecular weight excluding hydrogens is 448 g/mol. The summed E-state index contributed by atoms with van der Waals surface area (Å²) in [6.45, 7) is 4.29. The van der Waals surface area contributed by atoms with E-state index in [9.17, 15) is 4.79 Å². The fourth-order valence-corrected chi connectivity index (χ4v) is 4.40. The second-order valence-electron chi connectivity index (χ2n) is 9.22. The number of amides is 1. The molecule has 1 aliphatic rings. The van der Waals surface area contributed by atoms with Crippen LogP contribution in [0.25, 0.3) is 22.4 Å². The van der Waals surface area contributed by atoms with Gasteiger partial charge in [-0.05, 0) is 54.7 Å². The fraction of sp³-hybridized carbons (Fsp3) is 0.233. The molecule has 5 rings (SSSR count). The molecule has 6 nitrogen and oxygen atoms in total. The Morgan fingerprint density at radius 2 is 1.58 bits per heavy atom. The zero-order valence-electron chi connectivity index (χ0n) is 20.4. The van der Waals surface area contributed by atoms with E-state index in [-0.39, 0.29) is 12.5 Å². The molecule has 0 aliphatic carbocycles. The molecule has 0 bridgehead atoms. The van der Waals surface area contributed by atoms with Crippen LogP contribution in [-0.4, -0.2) is 35.8 Å². The van der Waals surface area contributed by atoms with Crippen LogP contribution in [0.4, 0.5) is 11.5 Å². The van der Waals surface area contributed by atoms with Gasteiger partial charge in [-0.15, -0.1) is 10.2 Å². The maximum Gasteiger partial charge on any atom is 0.262 e. The number of para-hydroxylation sites is 1. The van der Waals surface area contributed by atoms with Crippen LogP contribution in [0.5, 0.6) is 5.75 Å². The van der Waals surface area contributed by atoms with Gasteiger partial charge in [0.1, 0.15) is 5.75 Å². The lowest BCUT2D eigenvalue weighted by atomic mass is 9.99. The number of nitrogens with one attached hydrogen (secondary N) is 1. The van der Waals surface area contributed by atoms with Crippen LogP contribution >= 0.6 is 0 Å². The molecule has 182 valence electrons. The van der Waals surface area contributed by atoms with Gasteiger partial charge in [0.15, 0.2) is 12.4 Å². The lowest BCUT2D eigenvalue weighted by Gasteiger charge is -2.30. The van der Waals surface area contributed by atoms with Crippen molar-refractivity contribution in [3.05, 3.63) is 91.0 Å². The lowest BCUT2D eigenvalue weighted by Crippen LogP contribution is -2.33. The van der Waals surface area contributed by atoms with E-state index in [0.717, 1.165) is 47.2 Å². The van der Waals surface area contributed by atoms with Crippen LogP contribution in [0.15, 0.2) is 91.0 Å². The van der Waals surface area contributed by atoms with Crippen LogP contribution in [-0.2, 0) is 4.79 Å². The first kappa shape index (κ1) is 23.5. The molecule has 6 heteroatoms. The molecule has 0 spiro atoms. The fourth-order valence-electron chi connectivity index (χ4n) is 4.40. The summed E-state index contributed by atoms with van der Waals surface area (Å²) in [5.74, 6) is 2.17. The van der Waals surface area contributed by atoms with Crippen molar-refractivity contribution in [1.29, 1.82) is 0 Å². The van der Waals surface area contributed by atoms with Crippen molar-refractivity contribution < 1.29 is 9.53 Å². The highest BCUT2D eigenvalue weighted by molar-refractivity contribution is 5.92. The van der Waals surface area contributed by atoms with E-state index < -0.39 is 0 Å². The van der Waals surface area contributed by atoms with E-state index >= 15 is 0 Å². The molecule has 4 aromatic rings. The summed E-state index contributed by atoms with van der Waals surface area (Å²) in [6.07, 6.45) is 2.39. The van der Waals surface area contributed by atoms with Crippen LogP contribution < -0.4 is 15.0 Å². The van der Waals surface area contributed by atoms with Crippen LogP contribution in [0, 0.1) is 5.92 Å². The first-order valence-corrected chi connectivity index (χ1v) is 12.4. The average molecular weight is 479 g/mol. The maximum atomic E-state index is 12.5. The van der Waals surface area contributed by atoms with Gasteiger partial charge in [-0.2, -0.15) is 0 Å². The quantitative estimate of drug-likeness (QED) is 0.349. The van der Waals surface area contributed by atoms with E-state index in [4.69, 9.17) is 4.74 Å². The van der Waals surface area contributed by atoms with E-state index in [0.29, 0.717) is 11.4 Å². The molecule has 0 saturated carbocycles. The second-order valence-corrected chi connectivity index (χ2v) is 9.22. The number of hydrogen-bond acceptors (Lipinski definition) is 5. The summed E-state index contributed by atoms with van der Waals surface area (Å²) in [5.41, 5.74) is 4.47. The van der Waals surface area contributed by atoms with E-state index in [2.05, 4.69) is 27.3 Å². The minimum Gasteiger partial charge on any atom is -0.483 e. The number of hydrogen-bond donors (Lipinski definition) is 1. The number of carbonyl (C=O) groups excluding carboxylic acids is 1. The number of nitrogens with zero attached hydrogens (tertiary/aromatic N) is 3. The van der Waals surface area contributed by atoms with Crippen LogP contribution in [0.3, 0.4) is 0 Å². The monoisotopic (exact) mass is 478 g/mol. The summed E-state index contributed by atoms with van der Waals surface area (Å²) in [6, 6.07) is 29.4. The van der Waals surface area contributed by atoms with Gasteiger partial charge in [-0.3, -0.25) is 4.79 Å². The molecule has 1 aromatic heterocycles. The van der Waals surface area contributed by atoms with Gasteiger partial charge in [-0.1, -0.05) is 67.6 Å². The topological polar surface area (TPSA) is 67.4 Å². The number of piperidine rings is 1. The minimum absolute atomic E-state index is 0.0756. The zero-order chi connectivity index (χ0) is 24.7. The number of benzene rings is 3. The minimum atomic E-state index is -0.217. The van der Waals surface area contributed by atoms with Gasteiger partial charge in [0.25, 0.3) is 5.91 Å². The highest BCUT2D eigenvalue weighted by Crippen LogP contribution is 2.29. The van der Waals surface area contributed by atoms with Gasteiger partial charge >= 0.3 is 0 Å². The molecule has 0 unspecified atom stereocenters. The van der Waals surface area contributed by atoms with E-state index in [1.165, 1.54) is 12.8 Å². The average Bonchev–Trinajstić information content (AvgIpc) is 2.94. The molecule has 1 saturated heterocycles. The summed E-state index contributed by atoms with van der Waals surface area (Å²) in [5, 5.41) is 11.8. The summed E-state index contributed by atoms with van der Waals surface area (Å²) in [7, 11) is 0.